The van der Waals surface area contributed by atoms with Crippen LogP contribution in [0.3, 0.4) is 0 Å². The van der Waals surface area contributed by atoms with Gasteiger partial charge in [-0.15, -0.1) is 0 Å². The molecule has 1 atom stereocenters. The normalized spacial score (nSPS) is 21.2. The smallest absolute Gasteiger partial charge is 0.255 e. The number of hydrogen-bond donors (Lipinski definition) is 2. The topological polar surface area (TPSA) is 73.6 Å². The average molecular weight is 278 g/mol. The highest BCUT2D eigenvalue weighted by atomic mass is 16.5. The summed E-state index contributed by atoms with van der Waals surface area (Å²) in [7, 11) is 1.51. The van der Waals surface area contributed by atoms with E-state index in [2.05, 4.69) is 5.32 Å². The monoisotopic (exact) mass is 278 g/mol. The number of carbonyl (C=O) groups excluding carboxylic acids is 1. The van der Waals surface area contributed by atoms with Crippen LogP contribution in [0.1, 0.15) is 37.0 Å². The van der Waals surface area contributed by atoms with E-state index in [1.54, 1.807) is 18.2 Å². The maximum Gasteiger partial charge on any atom is 0.255 e. The minimum atomic E-state index is -0.198. The average Bonchev–Trinajstić information content (AvgIpc) is 2.37. The summed E-state index contributed by atoms with van der Waals surface area (Å²) in [5.41, 5.74) is 6.56. The third kappa shape index (κ3) is 3.22. The largest absolute Gasteiger partial charge is 0.494 e. The molecule has 0 aliphatic carbocycles. The van der Waals surface area contributed by atoms with Gasteiger partial charge in [-0.25, -0.2) is 0 Å². The molecule has 0 aromatic heterocycles. The van der Waals surface area contributed by atoms with Crippen molar-refractivity contribution in [3.05, 3.63) is 23.8 Å². The molecule has 5 heteroatoms. The molecule has 110 valence electrons. The third-order valence-electron chi connectivity index (χ3n) is 3.53. The van der Waals surface area contributed by atoms with Crippen molar-refractivity contribution in [3.8, 4) is 5.75 Å². The van der Waals surface area contributed by atoms with Crippen LogP contribution in [0.2, 0.25) is 0 Å². The zero-order valence-corrected chi connectivity index (χ0v) is 12.2. The summed E-state index contributed by atoms with van der Waals surface area (Å²) in [6.45, 7) is 4.73. The lowest BCUT2D eigenvalue weighted by atomic mass is 9.93. The predicted molar refractivity (Wildman–Crippen MR) is 77.9 cm³/mol. The van der Waals surface area contributed by atoms with Crippen molar-refractivity contribution >= 4 is 11.6 Å². The van der Waals surface area contributed by atoms with Gasteiger partial charge in [0.15, 0.2) is 5.75 Å². The molecule has 1 heterocycles. The number of amides is 1. The molecular weight excluding hydrogens is 256 g/mol. The highest BCUT2D eigenvalue weighted by Gasteiger charge is 2.30. The fourth-order valence-corrected chi connectivity index (χ4v) is 2.58. The number of benzene rings is 1. The van der Waals surface area contributed by atoms with Crippen molar-refractivity contribution in [1.29, 1.82) is 0 Å². The van der Waals surface area contributed by atoms with E-state index in [0.29, 0.717) is 23.6 Å². The summed E-state index contributed by atoms with van der Waals surface area (Å²) in [4.78, 5) is 12.4. The van der Waals surface area contributed by atoms with E-state index in [0.717, 1.165) is 12.8 Å². The molecule has 3 N–H and O–H groups in total. The predicted octanol–water partition coefficient (Wildman–Crippen LogP) is 1.96. The van der Waals surface area contributed by atoms with Crippen molar-refractivity contribution in [2.75, 3.05) is 19.5 Å². The van der Waals surface area contributed by atoms with E-state index < -0.39 is 0 Å². The maximum absolute atomic E-state index is 12.4. The number of hydrogen-bond acceptors (Lipinski definition) is 4. The number of rotatable bonds is 3. The fraction of sp³-hybridized carbons (Fsp3) is 0.533. The number of ether oxygens (including phenoxy) is 2. The van der Waals surface area contributed by atoms with Gasteiger partial charge >= 0.3 is 0 Å². The second kappa shape index (κ2) is 5.71. The van der Waals surface area contributed by atoms with E-state index in [-0.39, 0.29) is 17.6 Å². The Labute approximate surface area is 119 Å². The van der Waals surface area contributed by atoms with Crippen LogP contribution >= 0.6 is 0 Å². The second-order valence-corrected chi connectivity index (χ2v) is 5.70. The molecule has 1 aromatic rings. The Bertz CT molecular complexity index is 500. The van der Waals surface area contributed by atoms with Gasteiger partial charge in [-0.1, -0.05) is 6.07 Å². The minimum absolute atomic E-state index is 0.109. The van der Waals surface area contributed by atoms with Gasteiger partial charge in [0, 0.05) is 12.6 Å². The molecule has 1 amide bonds. The van der Waals surface area contributed by atoms with Crippen LogP contribution < -0.4 is 15.8 Å². The third-order valence-corrected chi connectivity index (χ3v) is 3.53. The lowest BCUT2D eigenvalue weighted by molar-refractivity contribution is -0.0615. The Kier molecular flexibility index (Phi) is 4.18. The Hall–Kier alpha value is -1.75. The molecule has 1 aromatic carbocycles. The van der Waals surface area contributed by atoms with Crippen LogP contribution in [0.25, 0.3) is 0 Å². The minimum Gasteiger partial charge on any atom is -0.494 e. The van der Waals surface area contributed by atoms with Gasteiger partial charge in [-0.05, 0) is 38.8 Å². The van der Waals surface area contributed by atoms with Crippen molar-refractivity contribution in [2.45, 2.75) is 38.3 Å². The van der Waals surface area contributed by atoms with Gasteiger partial charge in [0.1, 0.15) is 0 Å². The summed E-state index contributed by atoms with van der Waals surface area (Å²) >= 11 is 0. The number of nitrogens with two attached hydrogens (primary N) is 1. The van der Waals surface area contributed by atoms with Gasteiger partial charge in [-0.3, -0.25) is 4.79 Å². The van der Waals surface area contributed by atoms with E-state index in [1.165, 1.54) is 7.11 Å². The highest BCUT2D eigenvalue weighted by Crippen LogP contribution is 2.27. The molecule has 1 saturated heterocycles. The zero-order valence-electron chi connectivity index (χ0n) is 12.2. The molecular formula is C15H22N2O3. The summed E-state index contributed by atoms with van der Waals surface area (Å²) in [5.74, 6) is 0.271. The number of carbonyl (C=O) groups is 1. The van der Waals surface area contributed by atoms with Gasteiger partial charge in [0.25, 0.3) is 5.91 Å². The maximum atomic E-state index is 12.4. The van der Waals surface area contributed by atoms with Gasteiger partial charge < -0.3 is 20.5 Å². The first-order chi connectivity index (χ1) is 9.43. The van der Waals surface area contributed by atoms with E-state index >= 15 is 0 Å². The first-order valence-electron chi connectivity index (χ1n) is 6.80. The molecule has 5 nitrogen and oxygen atoms in total. The Morgan fingerprint density at radius 2 is 2.25 bits per heavy atom. The van der Waals surface area contributed by atoms with Gasteiger partial charge in [-0.2, -0.15) is 0 Å². The second-order valence-electron chi connectivity index (χ2n) is 5.70. The molecule has 0 bridgehead atoms. The first kappa shape index (κ1) is 14.7. The van der Waals surface area contributed by atoms with Crippen molar-refractivity contribution in [2.24, 2.45) is 0 Å². The number of methoxy groups -OCH3 is 1. The van der Waals surface area contributed by atoms with Crippen LogP contribution in [0.15, 0.2) is 18.2 Å². The number of nitrogens with one attached hydrogen (secondary N) is 1. The molecule has 0 spiro atoms. The van der Waals surface area contributed by atoms with Crippen LogP contribution in [0.5, 0.6) is 5.75 Å². The Morgan fingerprint density at radius 3 is 2.90 bits per heavy atom. The van der Waals surface area contributed by atoms with E-state index in [1.807, 2.05) is 13.8 Å². The van der Waals surface area contributed by atoms with Gasteiger partial charge in [0.05, 0.1) is 24.0 Å². The first-order valence-corrected chi connectivity index (χ1v) is 6.80. The quantitative estimate of drug-likeness (QED) is 0.829. The van der Waals surface area contributed by atoms with Crippen LogP contribution in [0.4, 0.5) is 5.69 Å². The van der Waals surface area contributed by atoms with Crippen LogP contribution in [-0.2, 0) is 4.74 Å². The lowest BCUT2D eigenvalue weighted by Crippen LogP contribution is -2.45. The zero-order chi connectivity index (χ0) is 14.8. The fourth-order valence-electron chi connectivity index (χ4n) is 2.58. The molecule has 0 radical (unpaired) electrons. The van der Waals surface area contributed by atoms with Crippen molar-refractivity contribution < 1.29 is 14.3 Å². The summed E-state index contributed by atoms with van der Waals surface area (Å²) in [6, 6.07) is 5.29. The molecule has 0 saturated carbocycles. The number of anilines is 1. The van der Waals surface area contributed by atoms with Crippen molar-refractivity contribution in [1.82, 2.24) is 5.32 Å². The van der Waals surface area contributed by atoms with E-state index in [9.17, 15) is 4.79 Å². The lowest BCUT2D eigenvalue weighted by Gasteiger charge is -2.35. The van der Waals surface area contributed by atoms with E-state index in [4.69, 9.17) is 15.2 Å². The Morgan fingerprint density at radius 1 is 1.50 bits per heavy atom. The summed E-state index contributed by atoms with van der Waals surface area (Å²) in [6.07, 6.45) is 1.61. The number of nitrogen functional groups attached to an aromatic ring is 1. The van der Waals surface area contributed by atoms with Crippen LogP contribution in [0, 0.1) is 0 Å². The molecule has 20 heavy (non-hydrogen) atoms. The Balaban J connectivity index is 2.11. The van der Waals surface area contributed by atoms with Gasteiger partial charge in [0.2, 0.25) is 0 Å². The highest BCUT2D eigenvalue weighted by molar-refractivity contribution is 5.98. The molecule has 1 fully saturated rings. The summed E-state index contributed by atoms with van der Waals surface area (Å²) < 4.78 is 10.9. The number of para-hydroxylation sites is 1. The van der Waals surface area contributed by atoms with Crippen molar-refractivity contribution in [3.63, 3.8) is 0 Å². The molecule has 2 rings (SSSR count). The van der Waals surface area contributed by atoms with Crippen LogP contribution in [-0.4, -0.2) is 31.3 Å². The standard InChI is InChI=1S/C15H22N2O3/c1-15(2)9-10(7-8-20-15)17-14(18)11-5-4-6-12(16)13(11)19-3/h4-6,10H,7-9,16H2,1-3H3,(H,17,18). The molecule has 1 aliphatic rings. The molecule has 1 unspecified atom stereocenters. The summed E-state index contributed by atoms with van der Waals surface area (Å²) in [5, 5.41) is 3.04. The SMILES string of the molecule is COc1c(N)cccc1C(=O)NC1CCOC(C)(C)C1. The molecule has 1 aliphatic heterocycles.